The fourth-order valence-electron chi connectivity index (χ4n) is 1.39. The number of carbonyl (C=O) groups is 1. The summed E-state index contributed by atoms with van der Waals surface area (Å²) in [5.41, 5.74) is 8.46. The average molecular weight is 390 g/mol. The van der Waals surface area contributed by atoms with Crippen LogP contribution in [0.4, 0.5) is 0 Å². The highest BCUT2D eigenvalue weighted by molar-refractivity contribution is 9.10. The molecule has 0 aliphatic rings. The Morgan fingerprint density at radius 1 is 1.45 bits per heavy atom. The van der Waals surface area contributed by atoms with Crippen molar-refractivity contribution in [2.75, 3.05) is 20.3 Å². The molecule has 120 valence electrons. The number of hydrazone groups is 1. The molecule has 0 atom stereocenters. The fourth-order valence-corrected chi connectivity index (χ4v) is 1.87. The van der Waals surface area contributed by atoms with Crippen molar-refractivity contribution in [2.24, 2.45) is 10.8 Å². The number of hydrogen-bond acceptors (Lipinski definition) is 6. The highest BCUT2D eigenvalue weighted by Gasteiger charge is 2.12. The first-order valence-corrected chi connectivity index (χ1v) is 7.42. The van der Waals surface area contributed by atoms with E-state index in [0.29, 0.717) is 22.6 Å². The molecule has 1 aromatic carbocycles. The second kappa shape index (κ2) is 9.21. The van der Waals surface area contributed by atoms with E-state index in [0.717, 1.165) is 5.56 Å². The van der Waals surface area contributed by atoms with E-state index in [1.54, 1.807) is 12.1 Å². The van der Waals surface area contributed by atoms with E-state index < -0.39 is 5.97 Å². The SMILES string of the molecule is CCOc1cc(C=NNC(N)=S)c(Br)cc1OCC(=O)OC. The number of nitrogens with two attached hydrogens (primary N) is 1. The zero-order chi connectivity index (χ0) is 16.5. The Morgan fingerprint density at radius 3 is 2.73 bits per heavy atom. The van der Waals surface area contributed by atoms with Gasteiger partial charge in [-0.15, -0.1) is 0 Å². The van der Waals surface area contributed by atoms with Crippen molar-refractivity contribution in [1.29, 1.82) is 0 Å². The summed E-state index contributed by atoms with van der Waals surface area (Å²) in [5.74, 6) is 0.412. The molecule has 0 amide bonds. The van der Waals surface area contributed by atoms with Crippen LogP contribution in [-0.4, -0.2) is 37.6 Å². The second-order valence-electron chi connectivity index (χ2n) is 3.85. The number of rotatable bonds is 7. The Hall–Kier alpha value is -1.87. The predicted molar refractivity (Wildman–Crippen MR) is 90.3 cm³/mol. The molecular formula is C13H16BrN3O4S. The third-order valence-corrected chi connectivity index (χ3v) is 3.09. The lowest BCUT2D eigenvalue weighted by Gasteiger charge is -2.13. The van der Waals surface area contributed by atoms with Gasteiger partial charge >= 0.3 is 5.97 Å². The molecule has 9 heteroatoms. The van der Waals surface area contributed by atoms with Crippen molar-refractivity contribution >= 4 is 45.4 Å². The summed E-state index contributed by atoms with van der Waals surface area (Å²) in [6.07, 6.45) is 1.52. The summed E-state index contributed by atoms with van der Waals surface area (Å²) >= 11 is 8.04. The lowest BCUT2D eigenvalue weighted by atomic mass is 10.2. The van der Waals surface area contributed by atoms with Gasteiger partial charge in [-0.1, -0.05) is 0 Å². The quantitative estimate of drug-likeness (QED) is 0.316. The van der Waals surface area contributed by atoms with Crippen LogP contribution in [0.5, 0.6) is 11.5 Å². The van der Waals surface area contributed by atoms with E-state index in [4.69, 9.17) is 15.2 Å². The zero-order valence-corrected chi connectivity index (χ0v) is 14.5. The molecule has 3 N–H and O–H groups in total. The van der Waals surface area contributed by atoms with Crippen molar-refractivity contribution in [3.63, 3.8) is 0 Å². The molecule has 0 aliphatic carbocycles. The third kappa shape index (κ3) is 5.86. The van der Waals surface area contributed by atoms with Crippen molar-refractivity contribution in [1.82, 2.24) is 5.43 Å². The largest absolute Gasteiger partial charge is 0.490 e. The molecule has 0 radical (unpaired) electrons. The first-order valence-electron chi connectivity index (χ1n) is 6.22. The van der Waals surface area contributed by atoms with Gasteiger partial charge in [-0.2, -0.15) is 5.10 Å². The molecule has 22 heavy (non-hydrogen) atoms. The maximum Gasteiger partial charge on any atom is 0.343 e. The van der Waals surface area contributed by atoms with Crippen molar-refractivity contribution < 1.29 is 19.0 Å². The predicted octanol–water partition coefficient (Wildman–Crippen LogP) is 1.57. The lowest BCUT2D eigenvalue weighted by molar-refractivity contribution is -0.142. The molecule has 0 bridgehead atoms. The number of halogens is 1. The van der Waals surface area contributed by atoms with E-state index in [1.807, 2.05) is 6.92 Å². The Bertz CT molecular complexity index is 581. The summed E-state index contributed by atoms with van der Waals surface area (Å²) in [5, 5.41) is 3.94. The maximum atomic E-state index is 11.2. The van der Waals surface area contributed by atoms with E-state index in [1.165, 1.54) is 13.3 Å². The molecule has 0 fully saturated rings. The van der Waals surface area contributed by atoms with Crippen molar-refractivity contribution in [3.05, 3.63) is 22.2 Å². The number of esters is 1. The number of hydrogen-bond donors (Lipinski definition) is 2. The van der Waals surface area contributed by atoms with Crippen LogP contribution in [0.2, 0.25) is 0 Å². The Labute approximate surface area is 141 Å². The van der Waals surface area contributed by atoms with Gasteiger partial charge in [0.2, 0.25) is 0 Å². The van der Waals surface area contributed by atoms with Gasteiger partial charge in [0.15, 0.2) is 23.2 Å². The number of methoxy groups -OCH3 is 1. The molecule has 7 nitrogen and oxygen atoms in total. The van der Waals surface area contributed by atoms with E-state index in [2.05, 4.69) is 43.4 Å². The number of nitrogens with zero attached hydrogens (tertiary/aromatic N) is 1. The van der Waals surface area contributed by atoms with Gasteiger partial charge in [-0.05, 0) is 47.2 Å². The molecule has 0 heterocycles. The number of benzene rings is 1. The Morgan fingerprint density at radius 2 is 2.14 bits per heavy atom. The summed E-state index contributed by atoms with van der Waals surface area (Å²) in [7, 11) is 1.29. The number of carbonyl (C=O) groups excluding carboxylic acids is 1. The number of ether oxygens (including phenoxy) is 3. The van der Waals surface area contributed by atoms with Crippen LogP contribution in [0.3, 0.4) is 0 Å². The third-order valence-electron chi connectivity index (χ3n) is 2.31. The summed E-state index contributed by atoms with van der Waals surface area (Å²) in [4.78, 5) is 11.2. The van der Waals surface area contributed by atoms with Gasteiger partial charge < -0.3 is 19.9 Å². The van der Waals surface area contributed by atoms with Crippen molar-refractivity contribution in [3.8, 4) is 11.5 Å². The molecule has 0 aliphatic heterocycles. The van der Waals surface area contributed by atoms with Crippen LogP contribution in [-0.2, 0) is 9.53 Å². The van der Waals surface area contributed by atoms with Crippen LogP contribution in [0.15, 0.2) is 21.7 Å². The standard InChI is InChI=1S/C13H16BrN3O4S/c1-3-20-10-4-8(6-16-17-13(15)22)9(14)5-11(10)21-7-12(18)19-2/h4-6H,3,7H2,1-2H3,(H3,15,17,22). The van der Waals surface area contributed by atoms with E-state index in [9.17, 15) is 4.79 Å². The first-order chi connectivity index (χ1) is 10.5. The van der Waals surface area contributed by atoms with Gasteiger partial charge in [0.05, 0.1) is 19.9 Å². The Kier molecular flexibility index (Phi) is 7.61. The number of nitrogens with one attached hydrogen (secondary N) is 1. The maximum absolute atomic E-state index is 11.2. The molecule has 0 unspecified atom stereocenters. The van der Waals surface area contributed by atoms with Crippen LogP contribution in [0.1, 0.15) is 12.5 Å². The average Bonchev–Trinajstić information content (AvgIpc) is 2.48. The second-order valence-corrected chi connectivity index (χ2v) is 5.15. The van der Waals surface area contributed by atoms with Gasteiger partial charge in [-0.3, -0.25) is 5.43 Å². The van der Waals surface area contributed by atoms with Gasteiger partial charge in [0.25, 0.3) is 0 Å². The minimum absolute atomic E-state index is 0.0652. The summed E-state index contributed by atoms with van der Waals surface area (Å²) < 4.78 is 16.1. The highest BCUT2D eigenvalue weighted by Crippen LogP contribution is 2.33. The summed E-state index contributed by atoms with van der Waals surface area (Å²) in [6, 6.07) is 3.39. The zero-order valence-electron chi connectivity index (χ0n) is 12.1. The van der Waals surface area contributed by atoms with E-state index >= 15 is 0 Å². The van der Waals surface area contributed by atoms with Gasteiger partial charge in [-0.25, -0.2) is 4.79 Å². The Balaban J connectivity index is 2.98. The fraction of sp³-hybridized carbons (Fsp3) is 0.308. The molecule has 0 saturated heterocycles. The normalized spacial score (nSPS) is 10.3. The minimum Gasteiger partial charge on any atom is -0.490 e. The van der Waals surface area contributed by atoms with Crippen LogP contribution in [0.25, 0.3) is 0 Å². The minimum atomic E-state index is -0.482. The molecule has 1 rings (SSSR count). The molecule has 0 aromatic heterocycles. The van der Waals surface area contributed by atoms with E-state index in [-0.39, 0.29) is 11.7 Å². The molecular weight excluding hydrogens is 374 g/mol. The monoisotopic (exact) mass is 389 g/mol. The lowest BCUT2D eigenvalue weighted by Crippen LogP contribution is -2.24. The van der Waals surface area contributed by atoms with Gasteiger partial charge in [0.1, 0.15) is 0 Å². The van der Waals surface area contributed by atoms with Gasteiger partial charge in [0, 0.05) is 10.0 Å². The van der Waals surface area contributed by atoms with Crippen LogP contribution >= 0.6 is 28.1 Å². The molecule has 0 saturated carbocycles. The van der Waals surface area contributed by atoms with Crippen molar-refractivity contribution in [2.45, 2.75) is 6.92 Å². The molecule has 0 spiro atoms. The highest BCUT2D eigenvalue weighted by atomic mass is 79.9. The smallest absolute Gasteiger partial charge is 0.343 e. The topological polar surface area (TPSA) is 95.2 Å². The van der Waals surface area contributed by atoms with Crippen LogP contribution in [0, 0.1) is 0 Å². The summed E-state index contributed by atoms with van der Waals surface area (Å²) in [6.45, 7) is 2.08. The number of thiocarbonyl (C=S) groups is 1. The molecule has 1 aromatic rings. The van der Waals surface area contributed by atoms with Crippen LogP contribution < -0.4 is 20.6 Å². The first kappa shape index (κ1) is 18.2.